The smallest absolute Gasteiger partial charge is 0.132 e. The summed E-state index contributed by atoms with van der Waals surface area (Å²) in [5, 5.41) is 10.7. The average molecular weight is 257 g/mol. The standard InChI is InChI=1S/C13H17ClO3/c1-3-16-8-13(2)7-11(15)10-6-9(14)4-5-12(10)17-13/h4-6,11,15H,3,7-8H2,1-2H3. The molecule has 0 saturated heterocycles. The Balaban J connectivity index is 2.23. The van der Waals surface area contributed by atoms with Gasteiger partial charge in [-0.1, -0.05) is 11.6 Å². The Morgan fingerprint density at radius 2 is 2.35 bits per heavy atom. The van der Waals surface area contributed by atoms with Gasteiger partial charge in [-0.25, -0.2) is 0 Å². The van der Waals surface area contributed by atoms with Crippen LogP contribution in [-0.4, -0.2) is 23.9 Å². The molecule has 0 bridgehead atoms. The molecule has 0 fully saturated rings. The summed E-state index contributed by atoms with van der Waals surface area (Å²) >= 11 is 5.91. The molecule has 94 valence electrons. The van der Waals surface area contributed by atoms with E-state index < -0.39 is 11.7 Å². The Hall–Kier alpha value is -0.770. The minimum atomic E-state index is -0.553. The molecule has 1 heterocycles. The van der Waals surface area contributed by atoms with Crippen molar-refractivity contribution >= 4 is 11.6 Å². The third kappa shape index (κ3) is 2.73. The fraction of sp³-hybridized carbons (Fsp3) is 0.538. The maximum atomic E-state index is 10.1. The molecule has 17 heavy (non-hydrogen) atoms. The molecular weight excluding hydrogens is 240 g/mol. The lowest BCUT2D eigenvalue weighted by molar-refractivity contribution is -0.0574. The summed E-state index contributed by atoms with van der Waals surface area (Å²) in [7, 11) is 0. The summed E-state index contributed by atoms with van der Waals surface area (Å²) in [6.45, 7) is 5.00. The molecule has 1 N–H and O–H groups in total. The van der Waals surface area contributed by atoms with Crippen LogP contribution in [0.1, 0.15) is 31.9 Å². The van der Waals surface area contributed by atoms with Gasteiger partial charge in [-0.05, 0) is 32.0 Å². The summed E-state index contributed by atoms with van der Waals surface area (Å²) in [4.78, 5) is 0. The van der Waals surface area contributed by atoms with E-state index in [0.29, 0.717) is 30.4 Å². The van der Waals surface area contributed by atoms with Crippen molar-refractivity contribution in [2.24, 2.45) is 0 Å². The van der Waals surface area contributed by atoms with Crippen molar-refractivity contribution < 1.29 is 14.6 Å². The minimum absolute atomic E-state index is 0.475. The second-order valence-electron chi connectivity index (χ2n) is 4.59. The van der Waals surface area contributed by atoms with Gasteiger partial charge in [0.05, 0.1) is 12.7 Å². The van der Waals surface area contributed by atoms with Crippen LogP contribution in [0.3, 0.4) is 0 Å². The highest BCUT2D eigenvalue weighted by molar-refractivity contribution is 6.30. The SMILES string of the molecule is CCOCC1(C)CC(O)c2cc(Cl)ccc2O1. The molecule has 1 aromatic rings. The van der Waals surface area contributed by atoms with Crippen molar-refractivity contribution in [1.82, 2.24) is 0 Å². The van der Waals surface area contributed by atoms with Gasteiger partial charge in [0.25, 0.3) is 0 Å². The van der Waals surface area contributed by atoms with Crippen molar-refractivity contribution in [3.05, 3.63) is 28.8 Å². The van der Waals surface area contributed by atoms with Gasteiger partial charge in [0.15, 0.2) is 0 Å². The zero-order chi connectivity index (χ0) is 12.5. The first-order chi connectivity index (χ1) is 8.04. The van der Waals surface area contributed by atoms with Gasteiger partial charge in [-0.3, -0.25) is 0 Å². The van der Waals surface area contributed by atoms with Crippen LogP contribution < -0.4 is 4.74 Å². The van der Waals surface area contributed by atoms with Gasteiger partial charge in [0.1, 0.15) is 11.4 Å². The lowest BCUT2D eigenvalue weighted by atomic mass is 9.91. The van der Waals surface area contributed by atoms with Gasteiger partial charge < -0.3 is 14.6 Å². The van der Waals surface area contributed by atoms with Crippen molar-refractivity contribution in [3.63, 3.8) is 0 Å². The lowest BCUT2D eigenvalue weighted by Crippen LogP contribution is -2.42. The molecule has 0 saturated carbocycles. The topological polar surface area (TPSA) is 38.7 Å². The number of halogens is 1. The van der Waals surface area contributed by atoms with Crippen molar-refractivity contribution in [2.75, 3.05) is 13.2 Å². The molecule has 3 nitrogen and oxygen atoms in total. The van der Waals surface area contributed by atoms with E-state index in [-0.39, 0.29) is 0 Å². The molecule has 2 atom stereocenters. The molecule has 1 aliphatic rings. The minimum Gasteiger partial charge on any atom is -0.485 e. The van der Waals surface area contributed by atoms with E-state index >= 15 is 0 Å². The summed E-state index contributed by atoms with van der Waals surface area (Å²) < 4.78 is 11.3. The van der Waals surface area contributed by atoms with Gasteiger partial charge in [0, 0.05) is 23.6 Å². The van der Waals surface area contributed by atoms with Crippen LogP contribution >= 0.6 is 11.6 Å². The predicted octanol–water partition coefficient (Wildman–Crippen LogP) is 2.95. The number of hydrogen-bond donors (Lipinski definition) is 1. The molecule has 0 aromatic heterocycles. The van der Waals surface area contributed by atoms with Crippen LogP contribution in [0.2, 0.25) is 5.02 Å². The summed E-state index contributed by atoms with van der Waals surface area (Å²) in [5.74, 6) is 0.690. The van der Waals surface area contributed by atoms with Gasteiger partial charge in [-0.15, -0.1) is 0 Å². The maximum Gasteiger partial charge on any atom is 0.132 e. The van der Waals surface area contributed by atoms with Crippen LogP contribution in [0, 0.1) is 0 Å². The molecule has 1 aromatic carbocycles. The van der Waals surface area contributed by atoms with Crippen molar-refractivity contribution in [3.8, 4) is 5.75 Å². The van der Waals surface area contributed by atoms with E-state index in [1.165, 1.54) is 0 Å². The Morgan fingerprint density at radius 1 is 1.59 bits per heavy atom. The van der Waals surface area contributed by atoms with Crippen LogP contribution in [0.25, 0.3) is 0 Å². The Labute approximate surface area is 106 Å². The second kappa shape index (κ2) is 4.84. The highest BCUT2D eigenvalue weighted by atomic mass is 35.5. The van der Waals surface area contributed by atoms with E-state index in [1.54, 1.807) is 18.2 Å². The summed E-state index contributed by atoms with van der Waals surface area (Å²) in [6, 6.07) is 5.31. The zero-order valence-corrected chi connectivity index (χ0v) is 10.8. The van der Waals surface area contributed by atoms with E-state index in [2.05, 4.69) is 0 Å². The molecule has 2 unspecified atom stereocenters. The molecule has 0 aliphatic carbocycles. The number of aliphatic hydroxyl groups excluding tert-OH is 1. The second-order valence-corrected chi connectivity index (χ2v) is 5.03. The van der Waals surface area contributed by atoms with Gasteiger partial charge >= 0.3 is 0 Å². The largest absolute Gasteiger partial charge is 0.485 e. The van der Waals surface area contributed by atoms with Crippen LogP contribution in [0.15, 0.2) is 18.2 Å². The normalized spacial score (nSPS) is 27.4. The van der Waals surface area contributed by atoms with Gasteiger partial charge in [0.2, 0.25) is 0 Å². The third-order valence-corrected chi connectivity index (χ3v) is 3.16. The number of fused-ring (bicyclic) bond motifs is 1. The first kappa shape index (κ1) is 12.7. The number of hydrogen-bond acceptors (Lipinski definition) is 3. The van der Waals surface area contributed by atoms with E-state index in [0.717, 1.165) is 5.56 Å². The van der Waals surface area contributed by atoms with Crippen LogP contribution in [0.4, 0.5) is 0 Å². The van der Waals surface area contributed by atoms with E-state index in [9.17, 15) is 5.11 Å². The highest BCUT2D eigenvalue weighted by Gasteiger charge is 2.36. The molecule has 0 spiro atoms. The molecular formula is C13H17ClO3. The quantitative estimate of drug-likeness (QED) is 0.904. The highest BCUT2D eigenvalue weighted by Crippen LogP contribution is 2.40. The first-order valence-electron chi connectivity index (χ1n) is 5.78. The number of benzene rings is 1. The van der Waals surface area contributed by atoms with Gasteiger partial charge in [-0.2, -0.15) is 0 Å². The lowest BCUT2D eigenvalue weighted by Gasteiger charge is -2.38. The summed E-state index contributed by atoms with van der Waals surface area (Å²) in [6.07, 6.45) is -0.0386. The Morgan fingerprint density at radius 3 is 3.06 bits per heavy atom. The molecule has 4 heteroatoms. The zero-order valence-electron chi connectivity index (χ0n) is 10.1. The molecule has 1 aliphatic heterocycles. The predicted molar refractivity (Wildman–Crippen MR) is 66.6 cm³/mol. The molecule has 0 radical (unpaired) electrons. The van der Waals surface area contributed by atoms with E-state index in [1.807, 2.05) is 13.8 Å². The fourth-order valence-corrected chi connectivity index (χ4v) is 2.29. The van der Waals surface area contributed by atoms with E-state index in [4.69, 9.17) is 21.1 Å². The van der Waals surface area contributed by atoms with Crippen molar-refractivity contribution in [2.45, 2.75) is 32.0 Å². The number of aliphatic hydroxyl groups is 1. The number of rotatable bonds is 3. The third-order valence-electron chi connectivity index (χ3n) is 2.92. The molecule has 0 amide bonds. The average Bonchev–Trinajstić information content (AvgIpc) is 2.28. The number of ether oxygens (including phenoxy) is 2. The first-order valence-corrected chi connectivity index (χ1v) is 6.16. The molecule has 2 rings (SSSR count). The monoisotopic (exact) mass is 256 g/mol. The fourth-order valence-electron chi connectivity index (χ4n) is 2.11. The Bertz CT molecular complexity index is 408. The van der Waals surface area contributed by atoms with Crippen LogP contribution in [-0.2, 0) is 4.74 Å². The Kier molecular flexibility index (Phi) is 3.61. The summed E-state index contributed by atoms with van der Waals surface area (Å²) in [5.41, 5.74) is 0.280. The maximum absolute atomic E-state index is 10.1. The van der Waals surface area contributed by atoms with Crippen LogP contribution in [0.5, 0.6) is 5.75 Å². The van der Waals surface area contributed by atoms with Crippen molar-refractivity contribution in [1.29, 1.82) is 0 Å².